The maximum atomic E-state index is 11.7. The molecule has 0 amide bonds. The van der Waals surface area contributed by atoms with Crippen LogP contribution in [0.25, 0.3) is 0 Å². The highest BCUT2D eigenvalue weighted by atomic mass is 32.2. The standard InChI is InChI=1S/C12H25NO2S/c1-10(2)16(14,15)9-8-12(13)6-4-11(3)5-7-12/h10-11H,4-9,13H2,1-3H3. The summed E-state index contributed by atoms with van der Waals surface area (Å²) in [6.45, 7) is 5.72. The van der Waals surface area contributed by atoms with Gasteiger partial charge in [-0.25, -0.2) is 8.42 Å². The summed E-state index contributed by atoms with van der Waals surface area (Å²) in [7, 11) is -2.93. The Hall–Kier alpha value is -0.0900. The van der Waals surface area contributed by atoms with Crippen molar-refractivity contribution in [2.24, 2.45) is 11.7 Å². The molecule has 96 valence electrons. The van der Waals surface area contributed by atoms with Gasteiger partial charge in [0.05, 0.1) is 11.0 Å². The van der Waals surface area contributed by atoms with Gasteiger partial charge in [-0.3, -0.25) is 0 Å². The molecule has 0 saturated heterocycles. The van der Waals surface area contributed by atoms with E-state index in [1.165, 1.54) is 0 Å². The molecule has 1 rings (SSSR count). The van der Waals surface area contributed by atoms with Crippen molar-refractivity contribution < 1.29 is 8.42 Å². The topological polar surface area (TPSA) is 60.2 Å². The third-order valence-electron chi connectivity index (χ3n) is 3.87. The van der Waals surface area contributed by atoms with Crippen molar-refractivity contribution in [1.29, 1.82) is 0 Å². The quantitative estimate of drug-likeness (QED) is 0.827. The van der Waals surface area contributed by atoms with E-state index in [0.717, 1.165) is 31.6 Å². The first kappa shape index (κ1) is 14.0. The summed E-state index contributed by atoms with van der Waals surface area (Å²) in [6, 6.07) is 0. The molecule has 0 radical (unpaired) electrons. The summed E-state index contributed by atoms with van der Waals surface area (Å²) >= 11 is 0. The van der Waals surface area contributed by atoms with Gasteiger partial charge in [-0.15, -0.1) is 0 Å². The first-order valence-corrected chi connectivity index (χ1v) is 7.97. The van der Waals surface area contributed by atoms with Crippen LogP contribution in [0.4, 0.5) is 0 Å². The lowest BCUT2D eigenvalue weighted by atomic mass is 9.76. The minimum atomic E-state index is -2.93. The van der Waals surface area contributed by atoms with E-state index in [4.69, 9.17) is 5.73 Å². The number of nitrogens with two attached hydrogens (primary N) is 1. The van der Waals surface area contributed by atoms with Crippen molar-refractivity contribution in [1.82, 2.24) is 0 Å². The summed E-state index contributed by atoms with van der Waals surface area (Å²) in [5.41, 5.74) is 6.04. The predicted octanol–water partition coefficient (Wildman–Crippen LogP) is 2.11. The van der Waals surface area contributed by atoms with Gasteiger partial charge < -0.3 is 5.73 Å². The van der Waals surface area contributed by atoms with Crippen molar-refractivity contribution in [3.05, 3.63) is 0 Å². The minimum absolute atomic E-state index is 0.228. The first-order chi connectivity index (χ1) is 7.25. The summed E-state index contributed by atoms with van der Waals surface area (Å²) < 4.78 is 23.4. The Balaban J connectivity index is 2.49. The predicted molar refractivity (Wildman–Crippen MR) is 68.1 cm³/mol. The van der Waals surface area contributed by atoms with Gasteiger partial charge in [0.15, 0.2) is 9.84 Å². The highest BCUT2D eigenvalue weighted by molar-refractivity contribution is 7.91. The molecule has 0 aromatic heterocycles. The van der Waals surface area contributed by atoms with Gasteiger partial charge in [0, 0.05) is 5.54 Å². The second-order valence-electron chi connectivity index (χ2n) is 5.71. The lowest BCUT2D eigenvalue weighted by molar-refractivity contribution is 0.239. The van der Waals surface area contributed by atoms with Gasteiger partial charge in [0.1, 0.15) is 0 Å². The van der Waals surface area contributed by atoms with Gasteiger partial charge in [0.2, 0.25) is 0 Å². The third kappa shape index (κ3) is 3.74. The lowest BCUT2D eigenvalue weighted by Crippen LogP contribution is -2.44. The molecule has 3 nitrogen and oxygen atoms in total. The maximum absolute atomic E-state index is 11.7. The zero-order valence-corrected chi connectivity index (χ0v) is 11.5. The van der Waals surface area contributed by atoms with Crippen LogP contribution in [0.5, 0.6) is 0 Å². The Morgan fingerprint density at radius 1 is 1.31 bits per heavy atom. The van der Waals surface area contributed by atoms with Crippen molar-refractivity contribution in [2.75, 3.05) is 5.75 Å². The smallest absolute Gasteiger partial charge is 0.152 e. The molecular formula is C12H25NO2S. The molecule has 2 N–H and O–H groups in total. The lowest BCUT2D eigenvalue weighted by Gasteiger charge is -2.36. The third-order valence-corrected chi connectivity index (χ3v) is 6.08. The molecule has 1 fully saturated rings. The number of sulfone groups is 1. The molecule has 0 spiro atoms. The zero-order valence-electron chi connectivity index (χ0n) is 10.7. The van der Waals surface area contributed by atoms with E-state index in [9.17, 15) is 8.42 Å². The Labute approximate surface area is 99.7 Å². The highest BCUT2D eigenvalue weighted by Crippen LogP contribution is 2.32. The molecule has 1 aliphatic carbocycles. The van der Waals surface area contributed by atoms with Crippen molar-refractivity contribution >= 4 is 9.84 Å². The maximum Gasteiger partial charge on any atom is 0.152 e. The molecule has 0 heterocycles. The highest BCUT2D eigenvalue weighted by Gasteiger charge is 2.31. The van der Waals surface area contributed by atoms with Crippen LogP contribution in [-0.2, 0) is 9.84 Å². The molecular weight excluding hydrogens is 222 g/mol. The minimum Gasteiger partial charge on any atom is -0.325 e. The monoisotopic (exact) mass is 247 g/mol. The average molecular weight is 247 g/mol. The van der Waals surface area contributed by atoms with Gasteiger partial charge in [-0.2, -0.15) is 0 Å². The van der Waals surface area contributed by atoms with Gasteiger partial charge in [0.25, 0.3) is 0 Å². The van der Waals surface area contributed by atoms with E-state index in [-0.39, 0.29) is 16.5 Å². The van der Waals surface area contributed by atoms with Crippen molar-refractivity contribution in [3.63, 3.8) is 0 Å². The number of hydrogen-bond acceptors (Lipinski definition) is 3. The van der Waals surface area contributed by atoms with E-state index in [1.807, 2.05) is 0 Å². The van der Waals surface area contributed by atoms with Crippen LogP contribution >= 0.6 is 0 Å². The molecule has 0 aliphatic heterocycles. The Kier molecular flexibility index (Phi) is 4.41. The van der Waals surface area contributed by atoms with Crippen LogP contribution in [0.15, 0.2) is 0 Å². The molecule has 1 aliphatic rings. The van der Waals surface area contributed by atoms with E-state index < -0.39 is 9.84 Å². The molecule has 0 aromatic carbocycles. The molecule has 0 aromatic rings. The van der Waals surface area contributed by atoms with Crippen molar-refractivity contribution in [3.8, 4) is 0 Å². The summed E-state index contributed by atoms with van der Waals surface area (Å²) in [5, 5.41) is -0.279. The van der Waals surface area contributed by atoms with Crippen LogP contribution in [0.3, 0.4) is 0 Å². The Morgan fingerprint density at radius 2 is 1.81 bits per heavy atom. The Bertz CT molecular complexity index is 314. The van der Waals surface area contributed by atoms with Crippen LogP contribution in [0.1, 0.15) is 52.9 Å². The fraction of sp³-hybridized carbons (Fsp3) is 1.00. The average Bonchev–Trinajstić information content (AvgIpc) is 2.20. The summed E-state index contributed by atoms with van der Waals surface area (Å²) in [5.74, 6) is 0.994. The molecule has 16 heavy (non-hydrogen) atoms. The van der Waals surface area contributed by atoms with E-state index in [1.54, 1.807) is 13.8 Å². The molecule has 0 bridgehead atoms. The van der Waals surface area contributed by atoms with Gasteiger partial charge >= 0.3 is 0 Å². The van der Waals surface area contributed by atoms with Crippen LogP contribution in [0.2, 0.25) is 0 Å². The second kappa shape index (κ2) is 5.05. The van der Waals surface area contributed by atoms with E-state index in [0.29, 0.717) is 6.42 Å². The van der Waals surface area contributed by atoms with E-state index in [2.05, 4.69) is 6.92 Å². The number of hydrogen-bond donors (Lipinski definition) is 1. The van der Waals surface area contributed by atoms with Gasteiger partial charge in [-0.1, -0.05) is 6.92 Å². The SMILES string of the molecule is CC1CCC(N)(CCS(=O)(=O)C(C)C)CC1. The fourth-order valence-corrected chi connectivity index (χ4v) is 3.33. The fourth-order valence-electron chi connectivity index (χ4n) is 2.17. The van der Waals surface area contributed by atoms with Crippen molar-refractivity contribution in [2.45, 2.75) is 63.7 Å². The zero-order chi connectivity index (χ0) is 12.4. The summed E-state index contributed by atoms with van der Waals surface area (Å²) in [4.78, 5) is 0. The normalized spacial score (nSPS) is 31.9. The summed E-state index contributed by atoms with van der Waals surface area (Å²) in [6.07, 6.45) is 4.85. The second-order valence-corrected chi connectivity index (χ2v) is 8.39. The van der Waals surface area contributed by atoms with Crippen LogP contribution in [-0.4, -0.2) is 25.0 Å². The van der Waals surface area contributed by atoms with Crippen LogP contribution < -0.4 is 5.73 Å². The molecule has 4 heteroatoms. The molecule has 1 saturated carbocycles. The largest absolute Gasteiger partial charge is 0.325 e. The number of rotatable bonds is 4. The van der Waals surface area contributed by atoms with E-state index >= 15 is 0 Å². The van der Waals surface area contributed by atoms with Crippen LogP contribution in [0, 0.1) is 5.92 Å². The van der Waals surface area contributed by atoms with Gasteiger partial charge in [-0.05, 0) is 51.9 Å². The Morgan fingerprint density at radius 3 is 2.25 bits per heavy atom. The first-order valence-electron chi connectivity index (χ1n) is 6.26. The molecule has 0 unspecified atom stereocenters. The molecule has 0 atom stereocenters.